The number of H-pyrrole nitrogens is 1. The molecule has 0 radical (unpaired) electrons. The number of aromatic nitrogens is 3. The third-order valence-corrected chi connectivity index (χ3v) is 1.22. The Kier molecular flexibility index (Phi) is 5.46. The number of hydrogen-bond donors (Lipinski definition) is 1. The van der Waals surface area contributed by atoms with Crippen molar-refractivity contribution in [3.05, 3.63) is 39.6 Å². The van der Waals surface area contributed by atoms with Crippen LogP contribution in [0, 0.1) is 15.3 Å². The first-order valence-corrected chi connectivity index (χ1v) is 3.27. The minimum absolute atomic E-state index is 0. The minimum Gasteiger partial charge on any atom is -0.356 e. The van der Waals surface area contributed by atoms with Crippen LogP contribution >= 0.6 is 0 Å². The van der Waals surface area contributed by atoms with Gasteiger partial charge in [-0.05, 0) is 12.1 Å². The van der Waals surface area contributed by atoms with E-state index in [-0.39, 0.29) is 22.4 Å². The summed E-state index contributed by atoms with van der Waals surface area (Å²) in [6.45, 7) is 0. The van der Waals surface area contributed by atoms with Crippen LogP contribution in [0.1, 0.15) is 0 Å². The molecule has 7 nitrogen and oxygen atoms in total. The molecule has 14 heavy (non-hydrogen) atoms. The molecule has 1 heterocycles. The van der Waals surface area contributed by atoms with Gasteiger partial charge in [-0.25, -0.2) is 0 Å². The van der Waals surface area contributed by atoms with Crippen LogP contribution in [0.3, 0.4) is 0 Å². The molecule has 0 saturated heterocycles. The van der Waals surface area contributed by atoms with E-state index in [1.165, 1.54) is 0 Å². The summed E-state index contributed by atoms with van der Waals surface area (Å²) >= 11 is 0. The van der Waals surface area contributed by atoms with E-state index in [4.69, 9.17) is 15.3 Å². The maximum Gasteiger partial charge on any atom is 1.00 e. The Balaban J connectivity index is 0.000000299. The van der Waals surface area contributed by atoms with Gasteiger partial charge in [-0.3, -0.25) is 0 Å². The zero-order valence-corrected chi connectivity index (χ0v) is 8.16. The first-order chi connectivity index (χ1) is 6.20. The smallest absolute Gasteiger partial charge is 0.356 e. The van der Waals surface area contributed by atoms with Crippen molar-refractivity contribution in [1.29, 1.82) is 0 Å². The van der Waals surface area contributed by atoms with E-state index in [0.717, 1.165) is 11.0 Å². The molecule has 0 aliphatic rings. The number of para-hydroxylation sites is 2. The molecule has 1 aromatic carbocycles. The van der Waals surface area contributed by atoms with E-state index in [2.05, 4.69) is 15.4 Å². The summed E-state index contributed by atoms with van der Waals surface area (Å²) in [6.07, 6.45) is 0. The van der Waals surface area contributed by atoms with Crippen molar-refractivity contribution in [2.45, 2.75) is 0 Å². The van der Waals surface area contributed by atoms with E-state index >= 15 is 0 Å². The van der Waals surface area contributed by atoms with Gasteiger partial charge < -0.3 is 15.3 Å². The van der Waals surface area contributed by atoms with E-state index in [1.807, 2.05) is 24.3 Å². The van der Waals surface area contributed by atoms with Gasteiger partial charge >= 0.3 is 22.4 Å². The summed E-state index contributed by atoms with van der Waals surface area (Å²) in [6, 6.07) is 7.70. The topological polar surface area (TPSA) is 108 Å². The Bertz CT molecular complexity index is 370. The van der Waals surface area contributed by atoms with E-state index in [9.17, 15) is 0 Å². The molecule has 1 N–H and O–H groups in total. The molecule has 0 aliphatic carbocycles. The average Bonchev–Trinajstić information content (AvgIpc) is 2.49. The summed E-state index contributed by atoms with van der Waals surface area (Å²) in [4.78, 5) is 8.25. The Morgan fingerprint density at radius 3 is 1.86 bits per heavy atom. The van der Waals surface area contributed by atoms with Crippen molar-refractivity contribution in [3.63, 3.8) is 0 Å². The predicted molar refractivity (Wildman–Crippen MR) is 44.3 cm³/mol. The van der Waals surface area contributed by atoms with Crippen LogP contribution in [0.2, 0.25) is 0 Å². The van der Waals surface area contributed by atoms with E-state index < -0.39 is 5.09 Å². The fourth-order valence-corrected chi connectivity index (χ4v) is 0.786. The van der Waals surface area contributed by atoms with Crippen LogP contribution in [0.4, 0.5) is 0 Å². The van der Waals surface area contributed by atoms with Gasteiger partial charge in [-0.1, -0.05) is 12.1 Å². The second-order valence-corrected chi connectivity index (χ2v) is 2.04. The average molecular weight is 289 g/mol. The zero-order valence-electron chi connectivity index (χ0n) is 6.68. The number of nitrogens with one attached hydrogen (secondary N) is 1. The van der Waals surface area contributed by atoms with Gasteiger partial charge in [0.2, 0.25) is 0 Å². The predicted octanol–water partition coefficient (Wildman–Crippen LogP) is 0.716. The summed E-state index contributed by atoms with van der Waals surface area (Å²) in [5.74, 6) is 0. The summed E-state index contributed by atoms with van der Waals surface area (Å²) < 4.78 is 0. The second kappa shape index (κ2) is 6.08. The van der Waals surface area contributed by atoms with Crippen molar-refractivity contribution in [2.24, 2.45) is 0 Å². The van der Waals surface area contributed by atoms with Gasteiger partial charge in [0.25, 0.3) is 0 Å². The molecule has 0 aliphatic heterocycles. The molecule has 0 spiro atoms. The van der Waals surface area contributed by atoms with Crippen LogP contribution < -0.4 is 0 Å². The molecule has 0 atom stereocenters. The summed E-state index contributed by atoms with van der Waals surface area (Å²) in [5, 5.41) is 25.1. The largest absolute Gasteiger partial charge is 1.00 e. The molecule has 78 valence electrons. The third kappa shape index (κ3) is 3.99. The molecule has 0 fully saturated rings. The molecule has 0 amide bonds. The maximum absolute atomic E-state index is 8.25. The normalized spacial score (nSPS) is 8.29. The molecule has 2 rings (SSSR count). The number of benzene rings is 1. The van der Waals surface area contributed by atoms with Gasteiger partial charge in [-0.15, -0.1) is 0 Å². The van der Waals surface area contributed by atoms with Crippen LogP contribution in [0.5, 0.6) is 0 Å². The van der Waals surface area contributed by atoms with Crippen molar-refractivity contribution in [2.75, 3.05) is 0 Å². The van der Waals surface area contributed by atoms with E-state index in [0.29, 0.717) is 0 Å². The van der Waals surface area contributed by atoms with Crippen molar-refractivity contribution >= 4 is 11.0 Å². The van der Waals surface area contributed by atoms with Gasteiger partial charge in [0, 0.05) is 0 Å². The zero-order chi connectivity index (χ0) is 9.68. The number of aromatic amines is 1. The van der Waals surface area contributed by atoms with Gasteiger partial charge in [0.1, 0.15) is 11.0 Å². The molecule has 0 bridgehead atoms. The Morgan fingerprint density at radius 2 is 1.50 bits per heavy atom. The van der Waals surface area contributed by atoms with Crippen molar-refractivity contribution < 1.29 is 27.5 Å². The molecule has 2 aromatic rings. The maximum atomic E-state index is 8.25. The number of nitrogens with zero attached hydrogens (tertiary/aromatic N) is 3. The van der Waals surface area contributed by atoms with Gasteiger partial charge in [0.05, 0.1) is 5.09 Å². The minimum atomic E-state index is -1.75. The first kappa shape index (κ1) is 12.6. The van der Waals surface area contributed by atoms with Gasteiger partial charge in [0.15, 0.2) is 0 Å². The number of rotatable bonds is 0. The van der Waals surface area contributed by atoms with Crippen LogP contribution in [0.25, 0.3) is 11.0 Å². The van der Waals surface area contributed by atoms with Crippen LogP contribution in [-0.4, -0.2) is 20.5 Å². The van der Waals surface area contributed by atoms with Crippen molar-refractivity contribution in [1.82, 2.24) is 15.4 Å². The van der Waals surface area contributed by atoms with Gasteiger partial charge in [-0.2, -0.15) is 15.4 Å². The van der Waals surface area contributed by atoms with Crippen LogP contribution in [-0.2, 0) is 22.4 Å². The van der Waals surface area contributed by atoms with E-state index in [1.54, 1.807) is 0 Å². The monoisotopic (exact) mass is 288 g/mol. The first-order valence-electron chi connectivity index (χ1n) is 3.27. The Hall–Kier alpha value is -1.44. The number of fused-ring (bicyclic) bond motifs is 1. The molecular formula is C6H5AgN4O3. The molecule has 0 saturated carbocycles. The fourth-order valence-electron chi connectivity index (χ4n) is 0.786. The summed E-state index contributed by atoms with van der Waals surface area (Å²) in [7, 11) is 0. The number of hydrogen-bond acceptors (Lipinski definition) is 5. The molecule has 8 heteroatoms. The fraction of sp³-hybridized carbons (Fsp3) is 0. The van der Waals surface area contributed by atoms with Crippen molar-refractivity contribution in [3.8, 4) is 0 Å². The van der Waals surface area contributed by atoms with Crippen LogP contribution in [0.15, 0.2) is 24.3 Å². The Labute approximate surface area is 93.7 Å². The molecule has 0 unspecified atom stereocenters. The summed E-state index contributed by atoms with van der Waals surface area (Å²) in [5.41, 5.74) is 1.83. The SMILES string of the molecule is O=[N+]([O-])[O-].[Ag+].c1ccc2n[nH]nc2c1. The second-order valence-electron chi connectivity index (χ2n) is 2.04. The Morgan fingerprint density at radius 1 is 1.14 bits per heavy atom. The molecule has 1 aromatic heterocycles. The molecular weight excluding hydrogens is 284 g/mol. The standard InChI is InChI=1S/C6H5N3.Ag.NO3/c1-2-4-6-5(3-1)7-9-8-6;;2-1(3)4/h1-4H,(H,7,8,9);;/q;+1;-1. The quantitative estimate of drug-likeness (QED) is 0.436. The third-order valence-electron chi connectivity index (χ3n) is 1.22.